The molecular weight excluding hydrogens is 352 g/mol. The van der Waals surface area contributed by atoms with E-state index >= 15 is 0 Å². The molecular formula is C23H26N2O3. The smallest absolute Gasteiger partial charge is 0.223 e. The summed E-state index contributed by atoms with van der Waals surface area (Å²) in [4.78, 5) is 23.7. The summed E-state index contributed by atoms with van der Waals surface area (Å²) < 4.78 is 5.56. The Balaban J connectivity index is 1.23. The third kappa shape index (κ3) is 4.35. The minimum absolute atomic E-state index is 0.0492. The van der Waals surface area contributed by atoms with E-state index in [4.69, 9.17) is 4.74 Å². The first-order valence-corrected chi connectivity index (χ1v) is 9.99. The normalized spacial score (nSPS) is 19.5. The van der Waals surface area contributed by atoms with Crippen LogP contribution in [0, 0.1) is 11.8 Å². The number of benzene rings is 2. The van der Waals surface area contributed by atoms with E-state index in [1.54, 1.807) is 0 Å². The highest BCUT2D eigenvalue weighted by molar-refractivity contribution is 5.82. The molecule has 5 nitrogen and oxygen atoms in total. The van der Waals surface area contributed by atoms with Gasteiger partial charge in [0.25, 0.3) is 0 Å². The Morgan fingerprint density at radius 3 is 2.57 bits per heavy atom. The number of amides is 2. The molecule has 1 fully saturated rings. The van der Waals surface area contributed by atoms with Gasteiger partial charge in [0.2, 0.25) is 11.8 Å². The molecule has 2 unspecified atom stereocenters. The Morgan fingerprint density at radius 1 is 1.07 bits per heavy atom. The first-order chi connectivity index (χ1) is 13.6. The number of hydrogen-bond acceptors (Lipinski definition) is 3. The number of rotatable bonds is 7. The van der Waals surface area contributed by atoms with Gasteiger partial charge in [0, 0.05) is 31.8 Å². The molecule has 2 aliphatic rings. The molecule has 2 N–H and O–H groups in total. The Labute approximate surface area is 165 Å². The Hall–Kier alpha value is -2.82. The zero-order chi connectivity index (χ0) is 19.5. The third-order valence-corrected chi connectivity index (χ3v) is 5.56. The molecule has 1 aliphatic carbocycles. The number of ether oxygens (including phenoxy) is 1. The van der Waals surface area contributed by atoms with Gasteiger partial charge in [0.05, 0.1) is 6.61 Å². The molecule has 2 aromatic rings. The van der Waals surface area contributed by atoms with E-state index in [9.17, 15) is 9.59 Å². The van der Waals surface area contributed by atoms with E-state index in [2.05, 4.69) is 41.8 Å². The van der Waals surface area contributed by atoms with Crippen molar-refractivity contribution in [3.05, 3.63) is 53.6 Å². The van der Waals surface area contributed by atoms with Gasteiger partial charge in [-0.1, -0.05) is 37.3 Å². The van der Waals surface area contributed by atoms with Crippen molar-refractivity contribution < 1.29 is 14.3 Å². The van der Waals surface area contributed by atoms with E-state index in [1.807, 2.05) is 18.2 Å². The third-order valence-electron chi connectivity index (χ3n) is 5.56. The van der Waals surface area contributed by atoms with Gasteiger partial charge in [-0.05, 0) is 46.7 Å². The maximum Gasteiger partial charge on any atom is 0.223 e. The van der Waals surface area contributed by atoms with Crippen LogP contribution in [0.5, 0.6) is 5.75 Å². The van der Waals surface area contributed by atoms with Gasteiger partial charge in [0.1, 0.15) is 5.75 Å². The lowest BCUT2D eigenvalue weighted by Crippen LogP contribution is -2.31. The second kappa shape index (κ2) is 8.05. The molecule has 1 saturated carbocycles. The first kappa shape index (κ1) is 18.5. The molecule has 4 rings (SSSR count). The topological polar surface area (TPSA) is 67.4 Å². The minimum Gasteiger partial charge on any atom is -0.493 e. The molecule has 2 atom stereocenters. The molecule has 2 aromatic carbocycles. The molecule has 28 heavy (non-hydrogen) atoms. The van der Waals surface area contributed by atoms with Crippen molar-refractivity contribution in [2.24, 2.45) is 11.8 Å². The first-order valence-electron chi connectivity index (χ1n) is 9.99. The monoisotopic (exact) mass is 378 g/mol. The maximum absolute atomic E-state index is 12.0. The molecule has 0 spiro atoms. The van der Waals surface area contributed by atoms with Crippen LogP contribution in [0.15, 0.2) is 42.5 Å². The number of nitrogens with one attached hydrogen (secondary N) is 2. The average Bonchev–Trinajstić information content (AvgIpc) is 3.25. The molecule has 146 valence electrons. The number of hydrogen-bond donors (Lipinski definition) is 2. The fraction of sp³-hybridized carbons (Fsp3) is 0.391. The Kier molecular flexibility index (Phi) is 5.33. The summed E-state index contributed by atoms with van der Waals surface area (Å²) in [5.74, 6) is 1.66. The molecule has 1 heterocycles. The summed E-state index contributed by atoms with van der Waals surface area (Å²) in [6.45, 7) is 3.72. The fourth-order valence-corrected chi connectivity index (χ4v) is 3.59. The van der Waals surface area contributed by atoms with Crippen LogP contribution in [0.1, 0.15) is 30.9 Å². The SMILES string of the molecule is CC1CC1C(=O)NCCC(=O)NCc1ccc(-c2ccc3c(c2)CCO3)cc1. The predicted molar refractivity (Wildman–Crippen MR) is 108 cm³/mol. The summed E-state index contributed by atoms with van der Waals surface area (Å²) in [7, 11) is 0. The summed E-state index contributed by atoms with van der Waals surface area (Å²) in [5, 5.41) is 5.75. The zero-order valence-electron chi connectivity index (χ0n) is 16.2. The Morgan fingerprint density at radius 2 is 1.82 bits per heavy atom. The second-order valence-electron chi connectivity index (χ2n) is 7.76. The molecule has 0 saturated heterocycles. The molecule has 2 amide bonds. The highest BCUT2D eigenvalue weighted by Crippen LogP contribution is 2.37. The van der Waals surface area contributed by atoms with Gasteiger partial charge < -0.3 is 15.4 Å². The van der Waals surface area contributed by atoms with Crippen molar-refractivity contribution in [3.63, 3.8) is 0 Å². The predicted octanol–water partition coefficient (Wildman–Crippen LogP) is 3.07. The highest BCUT2D eigenvalue weighted by atomic mass is 16.5. The standard InChI is InChI=1S/C23H26N2O3/c1-15-12-20(15)23(27)24-10-8-22(26)25-14-16-2-4-17(5-3-16)18-6-7-21-19(13-18)9-11-28-21/h2-7,13,15,20H,8-12,14H2,1H3,(H,24,27)(H,25,26). The summed E-state index contributed by atoms with van der Waals surface area (Å²) in [5.41, 5.74) is 4.65. The van der Waals surface area contributed by atoms with Crippen LogP contribution < -0.4 is 15.4 Å². The van der Waals surface area contributed by atoms with Gasteiger partial charge in [-0.25, -0.2) is 0 Å². The van der Waals surface area contributed by atoms with Crippen LogP contribution in [0.3, 0.4) is 0 Å². The molecule has 0 aromatic heterocycles. The second-order valence-corrected chi connectivity index (χ2v) is 7.76. The van der Waals surface area contributed by atoms with Crippen molar-refractivity contribution >= 4 is 11.8 Å². The van der Waals surface area contributed by atoms with Crippen LogP contribution in [0.4, 0.5) is 0 Å². The van der Waals surface area contributed by atoms with Crippen molar-refractivity contribution in [2.75, 3.05) is 13.2 Å². The number of carbonyl (C=O) groups excluding carboxylic acids is 2. The van der Waals surface area contributed by atoms with E-state index in [1.165, 1.54) is 11.1 Å². The quantitative estimate of drug-likeness (QED) is 0.778. The van der Waals surface area contributed by atoms with E-state index < -0.39 is 0 Å². The summed E-state index contributed by atoms with van der Waals surface area (Å²) in [6, 6.07) is 14.5. The van der Waals surface area contributed by atoms with Crippen molar-refractivity contribution in [3.8, 4) is 16.9 Å². The number of carbonyl (C=O) groups is 2. The minimum atomic E-state index is -0.0492. The molecule has 0 radical (unpaired) electrons. The average molecular weight is 378 g/mol. The lowest BCUT2D eigenvalue weighted by atomic mass is 10.0. The fourth-order valence-electron chi connectivity index (χ4n) is 3.59. The van der Waals surface area contributed by atoms with Gasteiger partial charge in [-0.3, -0.25) is 9.59 Å². The van der Waals surface area contributed by atoms with Crippen molar-refractivity contribution in [2.45, 2.75) is 32.7 Å². The highest BCUT2D eigenvalue weighted by Gasteiger charge is 2.38. The van der Waals surface area contributed by atoms with Gasteiger partial charge in [0.15, 0.2) is 0 Å². The van der Waals surface area contributed by atoms with Crippen LogP contribution in [-0.4, -0.2) is 25.0 Å². The van der Waals surface area contributed by atoms with Crippen molar-refractivity contribution in [1.82, 2.24) is 10.6 Å². The van der Waals surface area contributed by atoms with E-state index in [0.717, 1.165) is 36.3 Å². The van der Waals surface area contributed by atoms with Crippen LogP contribution in [-0.2, 0) is 22.6 Å². The van der Waals surface area contributed by atoms with Gasteiger partial charge in [-0.15, -0.1) is 0 Å². The maximum atomic E-state index is 12.0. The Bertz CT molecular complexity index is 876. The molecule has 1 aliphatic heterocycles. The van der Waals surface area contributed by atoms with Gasteiger partial charge in [-0.2, -0.15) is 0 Å². The van der Waals surface area contributed by atoms with Crippen LogP contribution in [0.25, 0.3) is 11.1 Å². The molecule has 0 bridgehead atoms. The summed E-state index contributed by atoms with van der Waals surface area (Å²) >= 11 is 0. The van der Waals surface area contributed by atoms with E-state index in [-0.39, 0.29) is 17.7 Å². The van der Waals surface area contributed by atoms with Crippen LogP contribution in [0.2, 0.25) is 0 Å². The van der Waals surface area contributed by atoms with Gasteiger partial charge >= 0.3 is 0 Å². The number of fused-ring (bicyclic) bond motifs is 1. The zero-order valence-corrected chi connectivity index (χ0v) is 16.2. The lowest BCUT2D eigenvalue weighted by Gasteiger charge is -2.08. The molecule has 5 heteroatoms. The van der Waals surface area contributed by atoms with E-state index in [0.29, 0.717) is 25.4 Å². The summed E-state index contributed by atoms with van der Waals surface area (Å²) in [6.07, 6.45) is 2.24. The lowest BCUT2D eigenvalue weighted by molar-refractivity contribution is -0.123. The van der Waals surface area contributed by atoms with Crippen LogP contribution >= 0.6 is 0 Å². The van der Waals surface area contributed by atoms with Crippen molar-refractivity contribution in [1.29, 1.82) is 0 Å². The largest absolute Gasteiger partial charge is 0.493 e.